The quantitative estimate of drug-likeness (QED) is 0.602. The Labute approximate surface area is 159 Å². The van der Waals surface area contributed by atoms with Crippen LogP contribution in [0.4, 0.5) is 22.7 Å². The fourth-order valence-corrected chi connectivity index (χ4v) is 3.33. The van der Waals surface area contributed by atoms with Gasteiger partial charge in [0, 0.05) is 22.7 Å². The minimum Gasteiger partial charge on any atom is -0.398 e. The third kappa shape index (κ3) is 4.43. The normalized spacial score (nSPS) is 10.4. The third-order valence-corrected chi connectivity index (χ3v) is 5.09. The average molecular weight is 357 g/mol. The highest BCUT2D eigenvalue weighted by Gasteiger charge is 2.09. The second-order valence-electron chi connectivity index (χ2n) is 6.73. The van der Waals surface area contributed by atoms with Crippen LogP contribution >= 0.6 is 0 Å². The van der Waals surface area contributed by atoms with Crippen LogP contribution in [0.15, 0.2) is 12.1 Å². The van der Waals surface area contributed by atoms with E-state index in [9.17, 15) is 0 Å². The molecule has 0 aliphatic rings. The summed E-state index contributed by atoms with van der Waals surface area (Å²) in [5.74, 6) is 0. The van der Waals surface area contributed by atoms with Gasteiger partial charge in [-0.3, -0.25) is 0 Å². The lowest BCUT2D eigenvalue weighted by Crippen LogP contribution is -2.05. The van der Waals surface area contributed by atoms with E-state index in [0.717, 1.165) is 70.7 Å². The predicted molar refractivity (Wildman–Crippen MR) is 118 cm³/mol. The van der Waals surface area contributed by atoms with Crippen LogP contribution in [0.3, 0.4) is 0 Å². The summed E-state index contributed by atoms with van der Waals surface area (Å²) in [5.41, 5.74) is 34.3. The van der Waals surface area contributed by atoms with Crippen molar-refractivity contribution in [3.63, 3.8) is 0 Å². The molecule has 2 aromatic rings. The first kappa shape index (κ1) is 21.7. The van der Waals surface area contributed by atoms with Gasteiger partial charge in [0.05, 0.1) is 0 Å². The molecule has 0 aromatic heterocycles. The zero-order valence-corrected chi connectivity index (χ0v) is 17.3. The number of nitrogens with two attached hydrogens (primary N) is 4. The molecule has 2 rings (SSSR count). The third-order valence-electron chi connectivity index (χ3n) is 5.09. The lowest BCUT2D eigenvalue weighted by atomic mass is 9.98. The predicted octanol–water partition coefficient (Wildman–Crippen LogP) is 4.57. The number of aryl methyl sites for hydroxylation is 4. The fraction of sp³-hybridized carbons (Fsp3) is 0.455. The molecule has 0 unspecified atom stereocenters. The van der Waals surface area contributed by atoms with E-state index in [-0.39, 0.29) is 0 Å². The molecule has 0 saturated heterocycles. The van der Waals surface area contributed by atoms with Crippen molar-refractivity contribution in [1.82, 2.24) is 0 Å². The molecule has 8 N–H and O–H groups in total. The maximum absolute atomic E-state index is 5.99. The van der Waals surface area contributed by atoms with Crippen LogP contribution in [0.5, 0.6) is 0 Å². The summed E-state index contributed by atoms with van der Waals surface area (Å²) in [7, 11) is 0. The molecule has 0 radical (unpaired) electrons. The molecule has 0 amide bonds. The second kappa shape index (κ2) is 9.37. The Hall–Kier alpha value is -2.36. The Morgan fingerprint density at radius 1 is 0.538 bits per heavy atom. The van der Waals surface area contributed by atoms with Gasteiger partial charge in [0.1, 0.15) is 0 Å². The highest BCUT2D eigenvalue weighted by molar-refractivity contribution is 5.69. The lowest BCUT2D eigenvalue weighted by molar-refractivity contribution is 1.09. The molecule has 144 valence electrons. The second-order valence-corrected chi connectivity index (χ2v) is 6.73. The van der Waals surface area contributed by atoms with Gasteiger partial charge in [-0.1, -0.05) is 39.8 Å². The van der Waals surface area contributed by atoms with E-state index in [1.807, 2.05) is 13.8 Å². The van der Waals surface area contributed by atoms with Crippen LogP contribution < -0.4 is 22.9 Å². The van der Waals surface area contributed by atoms with E-state index in [1.165, 1.54) is 11.1 Å². The van der Waals surface area contributed by atoms with Crippen molar-refractivity contribution < 1.29 is 0 Å². The Kier molecular flexibility index (Phi) is 7.81. The Bertz CT molecular complexity index is 698. The summed E-state index contributed by atoms with van der Waals surface area (Å²) in [6.45, 7) is 12.5. The van der Waals surface area contributed by atoms with Gasteiger partial charge in [-0.25, -0.2) is 0 Å². The maximum atomic E-state index is 5.99. The summed E-state index contributed by atoms with van der Waals surface area (Å²) < 4.78 is 0. The van der Waals surface area contributed by atoms with E-state index in [0.29, 0.717) is 0 Å². The van der Waals surface area contributed by atoms with Crippen LogP contribution in [0.25, 0.3) is 0 Å². The molecule has 0 bridgehead atoms. The molecule has 0 atom stereocenters. The van der Waals surface area contributed by atoms with E-state index in [2.05, 4.69) is 39.8 Å². The van der Waals surface area contributed by atoms with E-state index < -0.39 is 0 Å². The fourth-order valence-electron chi connectivity index (χ4n) is 3.33. The van der Waals surface area contributed by atoms with Crippen molar-refractivity contribution in [2.24, 2.45) is 0 Å². The number of hydrogen-bond acceptors (Lipinski definition) is 4. The van der Waals surface area contributed by atoms with Crippen molar-refractivity contribution >= 4 is 22.7 Å². The standard InChI is InChI=1S/2C11H18N2/c2*1-4-8-6-7(3)10(12)9(5-2)11(8)13/h2*6H,4-5,12-13H2,1-3H3. The van der Waals surface area contributed by atoms with Gasteiger partial charge in [0.15, 0.2) is 0 Å². The van der Waals surface area contributed by atoms with Crippen molar-refractivity contribution in [1.29, 1.82) is 0 Å². The van der Waals surface area contributed by atoms with Gasteiger partial charge in [-0.05, 0) is 72.9 Å². The minimum atomic E-state index is 0.859. The van der Waals surface area contributed by atoms with Crippen molar-refractivity contribution in [2.45, 2.75) is 67.2 Å². The molecule has 0 spiro atoms. The van der Waals surface area contributed by atoms with E-state index in [1.54, 1.807) is 0 Å². The molecule has 0 aliphatic heterocycles. The molecule has 0 heterocycles. The highest BCUT2D eigenvalue weighted by Crippen LogP contribution is 2.29. The molecule has 4 nitrogen and oxygen atoms in total. The van der Waals surface area contributed by atoms with Gasteiger partial charge < -0.3 is 22.9 Å². The molecule has 0 saturated carbocycles. The molecular formula is C22H36N4. The molecule has 2 aromatic carbocycles. The van der Waals surface area contributed by atoms with Crippen LogP contribution in [0.1, 0.15) is 61.1 Å². The van der Waals surface area contributed by atoms with Gasteiger partial charge >= 0.3 is 0 Å². The first-order chi connectivity index (χ1) is 12.2. The largest absolute Gasteiger partial charge is 0.398 e. The number of hydrogen-bond donors (Lipinski definition) is 4. The zero-order chi connectivity index (χ0) is 20.0. The van der Waals surface area contributed by atoms with Crippen molar-refractivity contribution in [2.75, 3.05) is 22.9 Å². The van der Waals surface area contributed by atoms with Crippen LogP contribution in [0.2, 0.25) is 0 Å². The average Bonchev–Trinajstić information content (AvgIpc) is 2.63. The van der Waals surface area contributed by atoms with Crippen LogP contribution in [-0.2, 0) is 25.7 Å². The zero-order valence-electron chi connectivity index (χ0n) is 17.3. The lowest BCUT2D eigenvalue weighted by Gasteiger charge is -2.14. The Morgan fingerprint density at radius 2 is 0.846 bits per heavy atom. The smallest absolute Gasteiger partial charge is 0.0399 e. The van der Waals surface area contributed by atoms with Crippen molar-refractivity contribution in [3.05, 3.63) is 45.5 Å². The molecule has 26 heavy (non-hydrogen) atoms. The highest BCUT2D eigenvalue weighted by atomic mass is 14.6. The van der Waals surface area contributed by atoms with Crippen LogP contribution in [-0.4, -0.2) is 0 Å². The summed E-state index contributed by atoms with van der Waals surface area (Å²) in [4.78, 5) is 0. The number of anilines is 4. The van der Waals surface area contributed by atoms with Gasteiger partial charge in [-0.15, -0.1) is 0 Å². The van der Waals surface area contributed by atoms with Gasteiger partial charge in [0.2, 0.25) is 0 Å². The number of nitrogen functional groups attached to an aromatic ring is 4. The molecule has 4 heteroatoms. The molecule has 0 aliphatic carbocycles. The summed E-state index contributed by atoms with van der Waals surface area (Å²) in [6, 6.07) is 4.17. The first-order valence-electron chi connectivity index (χ1n) is 9.55. The minimum absolute atomic E-state index is 0.859. The topological polar surface area (TPSA) is 104 Å². The summed E-state index contributed by atoms with van der Waals surface area (Å²) in [5, 5.41) is 0. The van der Waals surface area contributed by atoms with Crippen LogP contribution in [0, 0.1) is 13.8 Å². The molecular weight excluding hydrogens is 320 g/mol. The SMILES string of the molecule is CCc1cc(C)c(N)c(CC)c1N.CCc1cc(C)c(N)c(CC)c1N. The Morgan fingerprint density at radius 3 is 1.08 bits per heavy atom. The van der Waals surface area contributed by atoms with Gasteiger partial charge in [-0.2, -0.15) is 0 Å². The van der Waals surface area contributed by atoms with Crippen molar-refractivity contribution in [3.8, 4) is 0 Å². The summed E-state index contributed by atoms with van der Waals surface area (Å²) >= 11 is 0. The summed E-state index contributed by atoms with van der Waals surface area (Å²) in [6.07, 6.45) is 3.76. The Balaban J connectivity index is 0.000000260. The molecule has 0 fully saturated rings. The first-order valence-corrected chi connectivity index (χ1v) is 9.55. The van der Waals surface area contributed by atoms with E-state index >= 15 is 0 Å². The monoisotopic (exact) mass is 356 g/mol. The number of rotatable bonds is 4. The number of benzene rings is 2. The van der Waals surface area contributed by atoms with E-state index in [4.69, 9.17) is 22.9 Å². The van der Waals surface area contributed by atoms with Gasteiger partial charge in [0.25, 0.3) is 0 Å². The maximum Gasteiger partial charge on any atom is 0.0399 e.